The molecule has 1 atom stereocenters. The molecule has 0 aliphatic carbocycles. The maximum Gasteiger partial charge on any atom is 0.573 e. The van der Waals surface area contributed by atoms with Crippen LogP contribution in [0, 0.1) is 20.2 Å². The Hall–Kier alpha value is -4.21. The van der Waals surface area contributed by atoms with Crippen molar-refractivity contribution in [3.8, 4) is 11.8 Å². The second-order valence-corrected chi connectivity index (χ2v) is 6.40. The highest BCUT2D eigenvalue weighted by atomic mass is 19.4. The first-order valence-electron chi connectivity index (χ1n) is 9.05. The number of alkyl halides is 3. The minimum atomic E-state index is -4.73. The lowest BCUT2D eigenvalue weighted by Gasteiger charge is -2.22. The summed E-state index contributed by atoms with van der Waals surface area (Å²) < 4.78 is 52.5. The maximum absolute atomic E-state index is 12.1. The van der Waals surface area contributed by atoms with Gasteiger partial charge in [-0.3, -0.25) is 4.57 Å². The molecular formula is C17H15F3N6O7. The van der Waals surface area contributed by atoms with E-state index in [9.17, 15) is 33.4 Å². The summed E-state index contributed by atoms with van der Waals surface area (Å²) in [7, 11) is 0. The Kier molecular flexibility index (Phi) is 7.07. The van der Waals surface area contributed by atoms with Crippen molar-refractivity contribution in [2.75, 3.05) is 6.61 Å². The van der Waals surface area contributed by atoms with Gasteiger partial charge in [0.25, 0.3) is 0 Å². The second kappa shape index (κ2) is 9.94. The van der Waals surface area contributed by atoms with Crippen molar-refractivity contribution >= 4 is 11.8 Å². The van der Waals surface area contributed by atoms with E-state index < -0.39 is 16.2 Å². The Bertz CT molecular complexity index is 1090. The zero-order chi connectivity index (χ0) is 24.0. The van der Waals surface area contributed by atoms with Crippen LogP contribution in [-0.4, -0.2) is 48.4 Å². The molecule has 3 aromatic rings. The third-order valence-electron chi connectivity index (χ3n) is 4.01. The van der Waals surface area contributed by atoms with Gasteiger partial charge in [-0.15, -0.1) is 13.2 Å². The van der Waals surface area contributed by atoms with Gasteiger partial charge < -0.3 is 34.4 Å². The normalized spacial score (nSPS) is 14.9. The van der Waals surface area contributed by atoms with Crippen molar-refractivity contribution < 1.29 is 37.2 Å². The molecule has 0 saturated carbocycles. The molecule has 1 aromatic carbocycles. The van der Waals surface area contributed by atoms with E-state index in [1.54, 1.807) is 0 Å². The highest BCUT2D eigenvalue weighted by Gasteiger charge is 2.31. The Labute approximate surface area is 182 Å². The molecule has 0 radical (unpaired) electrons. The van der Waals surface area contributed by atoms with Crippen LogP contribution in [-0.2, 0) is 17.9 Å². The molecule has 0 fully saturated rings. The quantitative estimate of drug-likeness (QED) is 0.420. The topological polar surface area (TPSA) is 160 Å². The van der Waals surface area contributed by atoms with Crippen LogP contribution in [0.4, 0.5) is 24.9 Å². The zero-order valence-electron chi connectivity index (χ0n) is 16.5. The molecule has 0 spiro atoms. The first-order valence-corrected chi connectivity index (χ1v) is 9.05. The highest BCUT2D eigenvalue weighted by molar-refractivity contribution is 5.27. The van der Waals surface area contributed by atoms with Gasteiger partial charge in [-0.2, -0.15) is 0 Å². The molecule has 1 aliphatic rings. The Morgan fingerprint density at radius 3 is 2.48 bits per heavy atom. The lowest BCUT2D eigenvalue weighted by molar-refractivity contribution is -0.393. The summed E-state index contributed by atoms with van der Waals surface area (Å²) in [5.41, 5.74) is 0.650. The van der Waals surface area contributed by atoms with Crippen LogP contribution in [0.2, 0.25) is 0 Å². The molecule has 16 heteroatoms. The Morgan fingerprint density at radius 2 is 1.94 bits per heavy atom. The van der Waals surface area contributed by atoms with Gasteiger partial charge in [0.1, 0.15) is 30.9 Å². The number of aromatic nitrogens is 4. The maximum atomic E-state index is 12.1. The molecule has 0 saturated heterocycles. The molecule has 4 rings (SSSR count). The minimum absolute atomic E-state index is 0.145. The molecule has 13 nitrogen and oxygen atoms in total. The van der Waals surface area contributed by atoms with E-state index in [0.29, 0.717) is 12.1 Å². The third-order valence-corrected chi connectivity index (χ3v) is 4.01. The number of aromatic amines is 1. The second-order valence-electron chi connectivity index (χ2n) is 6.40. The van der Waals surface area contributed by atoms with Crippen LogP contribution in [0.5, 0.6) is 11.8 Å². The van der Waals surface area contributed by atoms with Crippen LogP contribution in [0.3, 0.4) is 0 Å². The Balaban J connectivity index is 0.000000323. The van der Waals surface area contributed by atoms with Gasteiger partial charge in [-0.1, -0.05) is 17.1 Å². The average molecular weight is 472 g/mol. The molecular weight excluding hydrogens is 457 g/mol. The van der Waals surface area contributed by atoms with Crippen LogP contribution in [0.15, 0.2) is 42.9 Å². The molecule has 1 N–H and O–H groups in total. The molecule has 2 aromatic heterocycles. The van der Waals surface area contributed by atoms with Crippen molar-refractivity contribution in [2.45, 2.75) is 25.6 Å². The fourth-order valence-corrected chi connectivity index (χ4v) is 2.62. The van der Waals surface area contributed by atoms with Crippen LogP contribution in [0.1, 0.15) is 5.56 Å². The molecule has 0 bridgehead atoms. The van der Waals surface area contributed by atoms with Gasteiger partial charge in [-0.05, 0) is 27.5 Å². The standard InChI is InChI=1S/C14H12F3N3O5.C3H3N3O2/c15-14(16,17)25-10-3-1-9(2-4-10)7-23-11-5-19-6-12(20(21)22)18-13(19)24-8-11;7-6(8)3-4-1-2-5-3/h1-4,6,11H,5,7-8H2;1-2H,(H,4,5)/t11-;/m0./s1. The van der Waals surface area contributed by atoms with E-state index in [0.717, 1.165) is 0 Å². The number of nitrogens with zero attached hydrogens (tertiary/aromatic N) is 5. The smallest absolute Gasteiger partial charge is 0.443 e. The predicted molar refractivity (Wildman–Crippen MR) is 101 cm³/mol. The summed E-state index contributed by atoms with van der Waals surface area (Å²) in [6.45, 7) is 0.640. The SMILES string of the molecule is O=[N+]([O-])c1cn2c(n1)OC[C@@H](OCc1ccc(OC(F)(F)F)cc1)C2.O=[N+]([O-])c1ncc[nH]1. The molecule has 33 heavy (non-hydrogen) atoms. The summed E-state index contributed by atoms with van der Waals surface area (Å²) >= 11 is 0. The lowest BCUT2D eigenvalue weighted by Crippen LogP contribution is -2.32. The number of nitro groups is 2. The number of benzene rings is 1. The van der Waals surface area contributed by atoms with Crippen molar-refractivity contribution in [3.63, 3.8) is 0 Å². The largest absolute Gasteiger partial charge is 0.573 e. The van der Waals surface area contributed by atoms with Crippen LogP contribution < -0.4 is 9.47 Å². The predicted octanol–water partition coefficient (Wildman–Crippen LogP) is 2.99. The summed E-state index contributed by atoms with van der Waals surface area (Å²) in [5, 5.41) is 20.5. The number of imidazole rings is 2. The fourth-order valence-electron chi connectivity index (χ4n) is 2.62. The lowest BCUT2D eigenvalue weighted by atomic mass is 10.2. The number of hydrogen-bond acceptors (Lipinski definition) is 9. The average Bonchev–Trinajstić information content (AvgIpc) is 3.42. The van der Waals surface area contributed by atoms with E-state index in [4.69, 9.17) is 9.47 Å². The number of rotatable bonds is 6. The van der Waals surface area contributed by atoms with Gasteiger partial charge in [0.15, 0.2) is 0 Å². The number of fused-ring (bicyclic) bond motifs is 1. The van der Waals surface area contributed by atoms with Gasteiger partial charge in [-0.25, -0.2) is 4.98 Å². The first kappa shape index (κ1) is 23.5. The van der Waals surface area contributed by atoms with Crippen molar-refractivity contribution in [1.29, 1.82) is 0 Å². The van der Waals surface area contributed by atoms with Gasteiger partial charge in [0.05, 0.1) is 19.3 Å². The molecule has 0 unspecified atom stereocenters. The van der Waals surface area contributed by atoms with E-state index in [1.165, 1.54) is 47.4 Å². The van der Waals surface area contributed by atoms with E-state index in [-0.39, 0.29) is 42.8 Å². The van der Waals surface area contributed by atoms with Crippen LogP contribution in [0.25, 0.3) is 0 Å². The van der Waals surface area contributed by atoms with Gasteiger partial charge in [0, 0.05) is 4.98 Å². The third kappa shape index (κ3) is 6.89. The summed E-state index contributed by atoms with van der Waals surface area (Å²) in [6, 6.07) is 5.46. The number of nitrogens with one attached hydrogen (secondary N) is 1. The molecule has 1 aliphatic heterocycles. The van der Waals surface area contributed by atoms with Gasteiger partial charge in [0.2, 0.25) is 0 Å². The van der Waals surface area contributed by atoms with Crippen molar-refractivity contribution in [3.05, 3.63) is 68.6 Å². The van der Waals surface area contributed by atoms with E-state index in [2.05, 4.69) is 19.7 Å². The van der Waals surface area contributed by atoms with E-state index in [1.807, 2.05) is 0 Å². The summed E-state index contributed by atoms with van der Waals surface area (Å²) in [4.78, 5) is 28.7. The molecule has 176 valence electrons. The van der Waals surface area contributed by atoms with Crippen molar-refractivity contribution in [1.82, 2.24) is 19.5 Å². The molecule has 3 heterocycles. The number of ether oxygens (including phenoxy) is 3. The highest BCUT2D eigenvalue weighted by Crippen LogP contribution is 2.24. The minimum Gasteiger partial charge on any atom is -0.443 e. The summed E-state index contributed by atoms with van der Waals surface area (Å²) in [6.07, 6.45) is -1.11. The van der Waals surface area contributed by atoms with E-state index >= 15 is 0 Å². The Morgan fingerprint density at radius 1 is 1.21 bits per heavy atom. The number of hydrogen-bond donors (Lipinski definition) is 1. The van der Waals surface area contributed by atoms with Gasteiger partial charge >= 0.3 is 24.1 Å². The monoisotopic (exact) mass is 472 g/mol. The summed E-state index contributed by atoms with van der Waals surface area (Å²) in [5.74, 6) is -0.839. The fraction of sp³-hybridized carbons (Fsp3) is 0.294. The van der Waals surface area contributed by atoms with Crippen molar-refractivity contribution in [2.24, 2.45) is 0 Å². The first-order chi connectivity index (χ1) is 15.6. The van der Waals surface area contributed by atoms with Crippen LogP contribution >= 0.6 is 0 Å². The zero-order valence-corrected chi connectivity index (χ0v) is 16.5. The number of H-pyrrole nitrogens is 1. The molecule has 0 amide bonds. The number of halogens is 3.